The van der Waals surface area contributed by atoms with E-state index < -0.39 is 24.2 Å². The number of nitrogens with one attached hydrogen (secondary N) is 2. The number of nitrogens with zero attached hydrogens (tertiary/aromatic N) is 6. The van der Waals surface area contributed by atoms with Gasteiger partial charge in [-0.2, -0.15) is 15.6 Å². The first-order valence-corrected chi connectivity index (χ1v) is 10.9. The maximum Gasteiger partial charge on any atom is 0.255 e. The minimum atomic E-state index is -1.68. The summed E-state index contributed by atoms with van der Waals surface area (Å²) in [6.45, 7) is 2.24. The van der Waals surface area contributed by atoms with Gasteiger partial charge in [-0.15, -0.1) is 0 Å². The minimum Gasteiger partial charge on any atom is -0.387 e. The highest BCUT2D eigenvalue weighted by molar-refractivity contribution is 6.00. The summed E-state index contributed by atoms with van der Waals surface area (Å²) in [6, 6.07) is 14.1. The number of hydrogen-bond acceptors (Lipinski definition) is 8. The van der Waals surface area contributed by atoms with Gasteiger partial charge in [-0.05, 0) is 50.2 Å². The van der Waals surface area contributed by atoms with E-state index in [1.54, 1.807) is 40.9 Å². The largest absolute Gasteiger partial charge is 0.387 e. The lowest BCUT2D eigenvalue weighted by Gasteiger charge is -2.22. The summed E-state index contributed by atoms with van der Waals surface area (Å²) < 4.78 is 15.8. The second-order valence-electron chi connectivity index (χ2n) is 8.53. The van der Waals surface area contributed by atoms with Gasteiger partial charge in [0.15, 0.2) is 0 Å². The number of rotatable bonds is 7. The van der Waals surface area contributed by atoms with Crippen molar-refractivity contribution in [3.63, 3.8) is 0 Å². The lowest BCUT2D eigenvalue weighted by molar-refractivity contribution is -0.00177. The molecular weight excluding hydrogens is 463 g/mol. The molecule has 0 unspecified atom stereocenters. The molecule has 0 aliphatic rings. The third-order valence-corrected chi connectivity index (χ3v) is 5.40. The van der Waals surface area contributed by atoms with E-state index in [0.717, 1.165) is 0 Å². The lowest BCUT2D eigenvalue weighted by Crippen LogP contribution is -2.42. The van der Waals surface area contributed by atoms with E-state index >= 15 is 0 Å². The Bertz CT molecular complexity index is 1510. The smallest absolute Gasteiger partial charge is 0.255 e. The Morgan fingerprint density at radius 2 is 1.89 bits per heavy atom. The maximum absolute atomic E-state index is 14.2. The lowest BCUT2D eigenvalue weighted by atomic mass is 10.0. The Hall–Kier alpha value is -4.87. The fraction of sp³-hybridized carbons (Fsp3) is 0.200. The number of hydrogen-bond donors (Lipinski definition) is 3. The van der Waals surface area contributed by atoms with Crippen LogP contribution in [-0.4, -0.2) is 48.9 Å². The third-order valence-electron chi connectivity index (χ3n) is 5.40. The number of halogens is 1. The van der Waals surface area contributed by atoms with Crippen LogP contribution in [0.15, 0.2) is 55.0 Å². The van der Waals surface area contributed by atoms with E-state index in [-0.39, 0.29) is 5.56 Å². The molecule has 0 radical (unpaired) electrons. The van der Waals surface area contributed by atoms with Crippen molar-refractivity contribution >= 4 is 22.9 Å². The summed E-state index contributed by atoms with van der Waals surface area (Å²) in [4.78, 5) is 21.5. The number of aromatic nitrogens is 4. The average molecular weight is 484 g/mol. The highest BCUT2D eigenvalue weighted by Gasteiger charge is 2.27. The quantitative estimate of drug-likeness (QED) is 0.362. The van der Waals surface area contributed by atoms with Crippen LogP contribution in [0, 0.1) is 22.7 Å². The molecule has 0 saturated heterocycles. The van der Waals surface area contributed by atoms with Crippen LogP contribution in [-0.2, 0) is 0 Å². The Morgan fingerprint density at radius 3 is 2.56 bits per heavy atom. The highest BCUT2D eigenvalue weighted by atomic mass is 19.1. The number of alkyl halides is 1. The highest BCUT2D eigenvalue weighted by Crippen LogP contribution is 2.27. The zero-order valence-corrected chi connectivity index (χ0v) is 19.4. The Morgan fingerprint density at radius 1 is 1.11 bits per heavy atom. The normalized spacial score (nSPS) is 11.9. The number of nitriles is 2. The molecule has 4 aromatic rings. The molecule has 4 aromatic heterocycles. The van der Waals surface area contributed by atoms with Gasteiger partial charge in [0.1, 0.15) is 24.1 Å². The van der Waals surface area contributed by atoms with Gasteiger partial charge in [0.05, 0.1) is 57.6 Å². The van der Waals surface area contributed by atoms with Gasteiger partial charge in [0, 0.05) is 12.4 Å². The summed E-state index contributed by atoms with van der Waals surface area (Å²) in [7, 11) is 0. The second-order valence-corrected chi connectivity index (χ2v) is 8.53. The van der Waals surface area contributed by atoms with Gasteiger partial charge < -0.3 is 15.7 Å². The predicted molar refractivity (Wildman–Crippen MR) is 129 cm³/mol. The number of carbonyl (C=O) groups excluding carboxylic acids is 1. The standard InChI is InChI=1S/C25H21FN8O2/c1-25(2,36)22(26)14-31-24(35)18-13-29-20(8-19(18)33-23-6-3-15(9-27)11-30-23)21-5-4-17-7-16(10-28)12-32-34(17)21/h3-8,11-13,22,36H,14H2,1-2H3,(H,31,35)(H,29,30,33)/t22-/m1/s1. The molecular formula is C25H21FN8O2. The predicted octanol–water partition coefficient (Wildman–Crippen LogP) is 3.12. The molecule has 0 bridgehead atoms. The first-order chi connectivity index (χ1) is 17.2. The molecule has 180 valence electrons. The maximum atomic E-state index is 14.2. The van der Waals surface area contributed by atoms with Gasteiger partial charge >= 0.3 is 0 Å². The number of pyridine rings is 2. The topological polar surface area (TPSA) is 152 Å². The van der Waals surface area contributed by atoms with Crippen molar-refractivity contribution in [3.8, 4) is 23.5 Å². The number of anilines is 2. The zero-order chi connectivity index (χ0) is 25.9. The van der Waals surface area contributed by atoms with E-state index in [1.165, 1.54) is 32.4 Å². The molecule has 3 N–H and O–H groups in total. The van der Waals surface area contributed by atoms with Gasteiger partial charge in [-0.3, -0.25) is 9.78 Å². The summed E-state index contributed by atoms with van der Waals surface area (Å²) in [5, 5.41) is 37.8. The number of aliphatic hydroxyl groups is 1. The number of amides is 1. The van der Waals surface area contributed by atoms with E-state index in [2.05, 4.69) is 25.7 Å². The SMILES string of the molecule is CC(C)(O)[C@H](F)CNC(=O)c1cnc(-c2ccc3cc(C#N)cnn23)cc1Nc1ccc(C#N)cn1. The van der Waals surface area contributed by atoms with Crippen molar-refractivity contribution in [2.45, 2.75) is 25.6 Å². The van der Waals surface area contributed by atoms with Crippen molar-refractivity contribution in [3.05, 3.63) is 71.7 Å². The van der Waals surface area contributed by atoms with Crippen molar-refractivity contribution < 1.29 is 14.3 Å². The van der Waals surface area contributed by atoms with Crippen molar-refractivity contribution in [1.29, 1.82) is 10.5 Å². The van der Waals surface area contributed by atoms with E-state index in [0.29, 0.717) is 39.5 Å². The number of carbonyl (C=O) groups is 1. The van der Waals surface area contributed by atoms with Crippen LogP contribution in [0.4, 0.5) is 15.9 Å². The molecule has 36 heavy (non-hydrogen) atoms. The Kier molecular flexibility index (Phi) is 6.59. The number of fused-ring (bicyclic) bond motifs is 1. The van der Waals surface area contributed by atoms with E-state index in [9.17, 15) is 14.3 Å². The molecule has 0 aliphatic heterocycles. The van der Waals surface area contributed by atoms with Gasteiger partial charge in [-0.1, -0.05) is 0 Å². The van der Waals surface area contributed by atoms with Crippen molar-refractivity contribution in [1.82, 2.24) is 24.9 Å². The fourth-order valence-electron chi connectivity index (χ4n) is 3.33. The molecule has 1 atom stereocenters. The van der Waals surface area contributed by atoms with Crippen LogP contribution in [0.1, 0.15) is 35.3 Å². The summed E-state index contributed by atoms with van der Waals surface area (Å²) in [5.74, 6) is -0.231. The molecule has 0 fully saturated rings. The minimum absolute atomic E-state index is 0.119. The third kappa shape index (κ3) is 5.12. The molecule has 4 heterocycles. The molecule has 11 heteroatoms. The van der Waals surface area contributed by atoms with E-state index in [1.807, 2.05) is 12.1 Å². The van der Waals surface area contributed by atoms with E-state index in [4.69, 9.17) is 10.5 Å². The summed E-state index contributed by atoms with van der Waals surface area (Å²) >= 11 is 0. The zero-order valence-electron chi connectivity index (χ0n) is 19.4. The summed E-state index contributed by atoms with van der Waals surface area (Å²) in [6.07, 6.45) is 2.49. The first-order valence-electron chi connectivity index (χ1n) is 10.9. The van der Waals surface area contributed by atoms with Gasteiger partial charge in [0.2, 0.25) is 0 Å². The van der Waals surface area contributed by atoms with Crippen LogP contribution in [0.25, 0.3) is 16.9 Å². The van der Waals surface area contributed by atoms with Crippen LogP contribution in [0.5, 0.6) is 0 Å². The molecule has 0 saturated carbocycles. The molecule has 4 rings (SSSR count). The summed E-state index contributed by atoms with van der Waals surface area (Å²) in [5.41, 5.74) is 1.40. The van der Waals surface area contributed by atoms with Crippen LogP contribution >= 0.6 is 0 Å². The average Bonchev–Trinajstić information content (AvgIpc) is 3.30. The first kappa shape index (κ1) is 24.3. The van der Waals surface area contributed by atoms with Crippen LogP contribution in [0.2, 0.25) is 0 Å². The Labute approximate surface area is 205 Å². The van der Waals surface area contributed by atoms with Gasteiger partial charge in [-0.25, -0.2) is 13.9 Å². The molecule has 0 spiro atoms. The monoisotopic (exact) mass is 484 g/mol. The fourth-order valence-corrected chi connectivity index (χ4v) is 3.33. The Balaban J connectivity index is 1.71. The van der Waals surface area contributed by atoms with Gasteiger partial charge in [0.25, 0.3) is 5.91 Å². The van der Waals surface area contributed by atoms with Crippen molar-refractivity contribution in [2.75, 3.05) is 11.9 Å². The van der Waals surface area contributed by atoms with Crippen LogP contribution < -0.4 is 10.6 Å². The second kappa shape index (κ2) is 9.78. The molecule has 1 amide bonds. The van der Waals surface area contributed by atoms with Crippen LogP contribution in [0.3, 0.4) is 0 Å². The molecule has 0 aliphatic carbocycles. The molecule has 0 aromatic carbocycles. The molecule has 10 nitrogen and oxygen atoms in total. The van der Waals surface area contributed by atoms with Crippen molar-refractivity contribution in [2.24, 2.45) is 0 Å².